The minimum Gasteiger partial charge on any atom is -0.462 e. The molecular weight excluding hydrogens is 258 g/mol. The van der Waals surface area contributed by atoms with Gasteiger partial charge in [-0.15, -0.1) is 0 Å². The van der Waals surface area contributed by atoms with Gasteiger partial charge in [0.25, 0.3) is 0 Å². The molecular formula is C14H19N3O3. The standard InChI is InChI=1S/C14H19N3O3/c15-13(18)10-3-6-17-12(8-10)4-7-20-14(19)11-2-1-5-16-9-11/h1-2,5,9-10,12,17H,3-4,6-8H2,(H2,15,18). The Balaban J connectivity index is 1.73. The van der Waals surface area contributed by atoms with Crippen LogP contribution in [0.15, 0.2) is 24.5 Å². The van der Waals surface area contributed by atoms with Gasteiger partial charge in [-0.05, 0) is 37.9 Å². The zero-order valence-electron chi connectivity index (χ0n) is 11.2. The molecule has 3 N–H and O–H groups in total. The average Bonchev–Trinajstić information content (AvgIpc) is 2.48. The summed E-state index contributed by atoms with van der Waals surface area (Å²) in [6.07, 6.45) is 5.24. The highest BCUT2D eigenvalue weighted by atomic mass is 16.5. The molecule has 1 aliphatic rings. The second-order valence-corrected chi connectivity index (χ2v) is 4.94. The maximum Gasteiger partial charge on any atom is 0.339 e. The molecule has 2 rings (SSSR count). The number of carbonyl (C=O) groups is 2. The highest BCUT2D eigenvalue weighted by molar-refractivity contribution is 5.88. The Labute approximate surface area is 117 Å². The Kier molecular flexibility index (Phi) is 5.06. The maximum absolute atomic E-state index is 11.7. The highest BCUT2D eigenvalue weighted by Gasteiger charge is 2.25. The number of hydrogen-bond acceptors (Lipinski definition) is 5. The lowest BCUT2D eigenvalue weighted by Crippen LogP contribution is -2.42. The second-order valence-electron chi connectivity index (χ2n) is 4.94. The van der Waals surface area contributed by atoms with Crippen LogP contribution < -0.4 is 11.1 Å². The molecule has 1 aliphatic heterocycles. The van der Waals surface area contributed by atoms with Crippen LogP contribution in [0.1, 0.15) is 29.6 Å². The van der Waals surface area contributed by atoms with Crippen LogP contribution in [-0.2, 0) is 9.53 Å². The zero-order chi connectivity index (χ0) is 14.4. The number of ether oxygens (including phenoxy) is 1. The first kappa shape index (κ1) is 14.5. The fourth-order valence-corrected chi connectivity index (χ4v) is 2.35. The number of nitrogens with two attached hydrogens (primary N) is 1. The van der Waals surface area contributed by atoms with Crippen molar-refractivity contribution < 1.29 is 14.3 Å². The van der Waals surface area contributed by atoms with Crippen molar-refractivity contribution in [3.8, 4) is 0 Å². The third kappa shape index (κ3) is 4.03. The van der Waals surface area contributed by atoms with Crippen molar-refractivity contribution in [1.82, 2.24) is 10.3 Å². The van der Waals surface area contributed by atoms with Crippen molar-refractivity contribution >= 4 is 11.9 Å². The van der Waals surface area contributed by atoms with E-state index < -0.39 is 0 Å². The summed E-state index contributed by atoms with van der Waals surface area (Å²) in [5.74, 6) is -0.695. The Morgan fingerprint density at radius 2 is 2.35 bits per heavy atom. The van der Waals surface area contributed by atoms with Gasteiger partial charge in [-0.25, -0.2) is 4.79 Å². The largest absolute Gasteiger partial charge is 0.462 e. The van der Waals surface area contributed by atoms with Gasteiger partial charge >= 0.3 is 5.97 Å². The van der Waals surface area contributed by atoms with E-state index in [2.05, 4.69) is 10.3 Å². The summed E-state index contributed by atoms with van der Waals surface area (Å²) in [5.41, 5.74) is 5.77. The SMILES string of the molecule is NC(=O)C1CCNC(CCOC(=O)c2cccnc2)C1. The fourth-order valence-electron chi connectivity index (χ4n) is 2.35. The molecule has 0 aromatic carbocycles. The van der Waals surface area contributed by atoms with Gasteiger partial charge < -0.3 is 15.8 Å². The molecule has 1 fully saturated rings. The third-order valence-electron chi connectivity index (χ3n) is 3.49. The number of nitrogens with one attached hydrogen (secondary N) is 1. The van der Waals surface area contributed by atoms with Gasteiger partial charge in [0.1, 0.15) is 0 Å². The van der Waals surface area contributed by atoms with Crippen LogP contribution in [0.5, 0.6) is 0 Å². The quantitative estimate of drug-likeness (QED) is 0.763. The molecule has 0 radical (unpaired) electrons. The maximum atomic E-state index is 11.7. The minimum absolute atomic E-state index is 0.0738. The number of carbonyl (C=O) groups excluding carboxylic acids is 2. The molecule has 1 aromatic heterocycles. The van der Waals surface area contributed by atoms with Gasteiger partial charge in [0.2, 0.25) is 5.91 Å². The lowest BCUT2D eigenvalue weighted by molar-refractivity contribution is -0.122. The summed E-state index contributed by atoms with van der Waals surface area (Å²) in [7, 11) is 0. The van der Waals surface area contributed by atoms with E-state index >= 15 is 0 Å². The molecule has 2 atom stereocenters. The Morgan fingerprint density at radius 1 is 1.50 bits per heavy atom. The van der Waals surface area contributed by atoms with Gasteiger partial charge in [-0.2, -0.15) is 0 Å². The molecule has 2 unspecified atom stereocenters. The molecule has 0 spiro atoms. The van der Waals surface area contributed by atoms with E-state index in [0.717, 1.165) is 13.0 Å². The highest BCUT2D eigenvalue weighted by Crippen LogP contribution is 2.17. The number of hydrogen-bond donors (Lipinski definition) is 2. The van der Waals surface area contributed by atoms with E-state index in [4.69, 9.17) is 10.5 Å². The lowest BCUT2D eigenvalue weighted by atomic mass is 9.90. The second kappa shape index (κ2) is 7.00. The lowest BCUT2D eigenvalue weighted by Gasteiger charge is -2.28. The molecule has 0 aliphatic carbocycles. The predicted molar refractivity (Wildman–Crippen MR) is 72.8 cm³/mol. The number of pyridine rings is 1. The molecule has 1 amide bonds. The predicted octanol–water partition coefficient (Wildman–Crippen LogP) is 0.482. The summed E-state index contributed by atoms with van der Waals surface area (Å²) < 4.78 is 5.19. The van der Waals surface area contributed by atoms with E-state index in [1.807, 2.05) is 0 Å². The molecule has 20 heavy (non-hydrogen) atoms. The molecule has 0 bridgehead atoms. The van der Waals surface area contributed by atoms with Crippen LogP contribution in [0.2, 0.25) is 0 Å². The first-order valence-electron chi connectivity index (χ1n) is 6.76. The number of rotatable bonds is 5. The summed E-state index contributed by atoms with van der Waals surface area (Å²) >= 11 is 0. The van der Waals surface area contributed by atoms with Crippen LogP contribution in [-0.4, -0.2) is 36.1 Å². The van der Waals surface area contributed by atoms with Crippen molar-refractivity contribution in [3.63, 3.8) is 0 Å². The number of primary amides is 1. The number of aromatic nitrogens is 1. The van der Waals surface area contributed by atoms with E-state index in [1.165, 1.54) is 6.20 Å². The molecule has 0 saturated carbocycles. The first-order chi connectivity index (χ1) is 9.66. The molecule has 2 heterocycles. The molecule has 6 heteroatoms. The Hall–Kier alpha value is -1.95. The summed E-state index contributed by atoms with van der Waals surface area (Å²) in [4.78, 5) is 26.7. The number of esters is 1. The van der Waals surface area contributed by atoms with E-state index in [1.54, 1.807) is 18.3 Å². The monoisotopic (exact) mass is 277 g/mol. The number of nitrogens with zero attached hydrogens (tertiary/aromatic N) is 1. The molecule has 108 valence electrons. The van der Waals surface area contributed by atoms with E-state index in [0.29, 0.717) is 25.0 Å². The number of amides is 1. The summed E-state index contributed by atoms with van der Waals surface area (Å²) in [6, 6.07) is 3.52. The van der Waals surface area contributed by atoms with Gasteiger partial charge in [-0.1, -0.05) is 0 Å². The first-order valence-corrected chi connectivity index (χ1v) is 6.76. The third-order valence-corrected chi connectivity index (χ3v) is 3.49. The van der Waals surface area contributed by atoms with Crippen molar-refractivity contribution in [2.24, 2.45) is 11.7 Å². The summed E-state index contributed by atoms with van der Waals surface area (Å²) in [6.45, 7) is 1.09. The average molecular weight is 277 g/mol. The smallest absolute Gasteiger partial charge is 0.339 e. The van der Waals surface area contributed by atoms with Crippen molar-refractivity contribution in [2.75, 3.05) is 13.2 Å². The van der Waals surface area contributed by atoms with Crippen molar-refractivity contribution in [1.29, 1.82) is 0 Å². The van der Waals surface area contributed by atoms with Gasteiger partial charge in [-0.3, -0.25) is 9.78 Å². The zero-order valence-corrected chi connectivity index (χ0v) is 11.2. The van der Waals surface area contributed by atoms with Crippen LogP contribution >= 0.6 is 0 Å². The van der Waals surface area contributed by atoms with Crippen molar-refractivity contribution in [2.45, 2.75) is 25.3 Å². The van der Waals surface area contributed by atoms with Crippen LogP contribution in [0.3, 0.4) is 0 Å². The van der Waals surface area contributed by atoms with Gasteiger partial charge in [0.05, 0.1) is 12.2 Å². The van der Waals surface area contributed by atoms with Gasteiger partial charge in [0.15, 0.2) is 0 Å². The van der Waals surface area contributed by atoms with Crippen molar-refractivity contribution in [3.05, 3.63) is 30.1 Å². The van der Waals surface area contributed by atoms with Crippen LogP contribution in [0.25, 0.3) is 0 Å². The minimum atomic E-state index is -0.375. The van der Waals surface area contributed by atoms with Crippen LogP contribution in [0.4, 0.5) is 0 Å². The van der Waals surface area contributed by atoms with E-state index in [9.17, 15) is 9.59 Å². The van der Waals surface area contributed by atoms with E-state index in [-0.39, 0.29) is 23.8 Å². The molecule has 1 aromatic rings. The topological polar surface area (TPSA) is 94.3 Å². The normalized spacial score (nSPS) is 22.2. The fraction of sp³-hybridized carbons (Fsp3) is 0.500. The van der Waals surface area contributed by atoms with Gasteiger partial charge in [0, 0.05) is 24.4 Å². The Morgan fingerprint density at radius 3 is 3.05 bits per heavy atom. The molecule has 1 saturated heterocycles. The molecule has 6 nitrogen and oxygen atoms in total. The summed E-state index contributed by atoms with van der Waals surface area (Å²) in [5, 5.41) is 3.31. The van der Waals surface area contributed by atoms with Crippen LogP contribution in [0, 0.1) is 5.92 Å². The Bertz CT molecular complexity index is 464. The number of piperidine rings is 1.